The van der Waals surface area contributed by atoms with Gasteiger partial charge in [0, 0.05) is 18.3 Å². The first kappa shape index (κ1) is 11.6. The average molecular weight is 239 g/mol. The van der Waals surface area contributed by atoms with Crippen LogP contribution in [-0.2, 0) is 0 Å². The summed E-state index contributed by atoms with van der Waals surface area (Å²) in [4.78, 5) is 2.47. The van der Waals surface area contributed by atoms with E-state index < -0.39 is 0 Å². The van der Waals surface area contributed by atoms with Crippen LogP contribution in [-0.4, -0.2) is 12.6 Å². The largest absolute Gasteiger partial charge is 0.398 e. The molecule has 1 aromatic carbocycles. The van der Waals surface area contributed by atoms with E-state index in [4.69, 9.17) is 17.3 Å². The number of anilines is 2. The van der Waals surface area contributed by atoms with E-state index in [1.54, 1.807) is 0 Å². The predicted octanol–water partition coefficient (Wildman–Crippen LogP) is 3.61. The van der Waals surface area contributed by atoms with Crippen molar-refractivity contribution in [3.8, 4) is 0 Å². The van der Waals surface area contributed by atoms with Crippen molar-refractivity contribution in [2.45, 2.75) is 39.2 Å². The molecule has 0 aromatic heterocycles. The molecule has 0 radical (unpaired) electrons. The molecule has 0 atom stereocenters. The molecule has 1 saturated carbocycles. The van der Waals surface area contributed by atoms with Gasteiger partial charge in [-0.15, -0.1) is 0 Å². The summed E-state index contributed by atoms with van der Waals surface area (Å²) < 4.78 is 0. The van der Waals surface area contributed by atoms with Crippen LogP contribution in [0.3, 0.4) is 0 Å². The lowest BCUT2D eigenvalue weighted by Crippen LogP contribution is -2.27. The van der Waals surface area contributed by atoms with Crippen LogP contribution in [0.1, 0.15) is 31.7 Å². The summed E-state index contributed by atoms with van der Waals surface area (Å²) in [6.45, 7) is 5.42. The molecule has 0 aliphatic heterocycles. The highest BCUT2D eigenvalue weighted by Crippen LogP contribution is 2.36. The summed E-state index contributed by atoms with van der Waals surface area (Å²) in [6.07, 6.45) is 3.78. The Hall–Kier alpha value is -0.890. The van der Waals surface area contributed by atoms with Gasteiger partial charge in [0.1, 0.15) is 0 Å². The lowest BCUT2D eigenvalue weighted by molar-refractivity contribution is 0.760. The van der Waals surface area contributed by atoms with Crippen LogP contribution < -0.4 is 10.6 Å². The van der Waals surface area contributed by atoms with Gasteiger partial charge in [0.15, 0.2) is 0 Å². The van der Waals surface area contributed by atoms with Crippen LogP contribution in [0.15, 0.2) is 12.1 Å². The summed E-state index contributed by atoms with van der Waals surface area (Å²) in [5.41, 5.74) is 8.96. The Morgan fingerprint density at radius 3 is 2.69 bits per heavy atom. The van der Waals surface area contributed by atoms with E-state index in [1.807, 2.05) is 12.1 Å². The average Bonchev–Trinajstić information content (AvgIpc) is 3.04. The maximum Gasteiger partial charge on any atom is 0.0656 e. The van der Waals surface area contributed by atoms with Crippen LogP contribution in [0.2, 0.25) is 5.02 Å². The normalized spacial score (nSPS) is 15.2. The second kappa shape index (κ2) is 4.54. The van der Waals surface area contributed by atoms with E-state index in [-0.39, 0.29) is 0 Å². The highest BCUT2D eigenvalue weighted by Gasteiger charge is 2.29. The quantitative estimate of drug-likeness (QED) is 0.812. The zero-order chi connectivity index (χ0) is 11.7. The first-order chi connectivity index (χ1) is 7.63. The third-order valence-corrected chi connectivity index (χ3v) is 3.40. The minimum Gasteiger partial charge on any atom is -0.398 e. The lowest BCUT2D eigenvalue weighted by Gasteiger charge is -2.26. The summed E-state index contributed by atoms with van der Waals surface area (Å²) in [5.74, 6) is 0. The fourth-order valence-corrected chi connectivity index (χ4v) is 2.29. The van der Waals surface area contributed by atoms with Gasteiger partial charge in [0.05, 0.1) is 10.7 Å². The molecule has 0 bridgehead atoms. The van der Waals surface area contributed by atoms with Crippen molar-refractivity contribution in [2.75, 3.05) is 17.2 Å². The van der Waals surface area contributed by atoms with Gasteiger partial charge in [-0.3, -0.25) is 0 Å². The van der Waals surface area contributed by atoms with Crippen molar-refractivity contribution in [1.82, 2.24) is 0 Å². The molecule has 1 aliphatic carbocycles. The molecule has 3 heteroatoms. The smallest absolute Gasteiger partial charge is 0.0656 e. The Morgan fingerprint density at radius 2 is 2.12 bits per heavy atom. The Balaban J connectivity index is 2.32. The van der Waals surface area contributed by atoms with E-state index in [0.29, 0.717) is 10.7 Å². The van der Waals surface area contributed by atoms with Gasteiger partial charge >= 0.3 is 0 Å². The molecule has 1 aromatic rings. The zero-order valence-electron chi connectivity index (χ0n) is 9.96. The van der Waals surface area contributed by atoms with E-state index in [1.165, 1.54) is 24.1 Å². The van der Waals surface area contributed by atoms with Crippen molar-refractivity contribution in [3.05, 3.63) is 22.7 Å². The number of hydrogen-bond acceptors (Lipinski definition) is 2. The number of aryl methyl sites for hydroxylation is 1. The van der Waals surface area contributed by atoms with Crippen LogP contribution in [0.4, 0.5) is 11.4 Å². The van der Waals surface area contributed by atoms with E-state index in [9.17, 15) is 0 Å². The van der Waals surface area contributed by atoms with Gasteiger partial charge in [-0.2, -0.15) is 0 Å². The first-order valence-electron chi connectivity index (χ1n) is 5.95. The molecule has 88 valence electrons. The molecular weight excluding hydrogens is 220 g/mol. The van der Waals surface area contributed by atoms with Gasteiger partial charge in [0.2, 0.25) is 0 Å². The monoisotopic (exact) mass is 238 g/mol. The van der Waals surface area contributed by atoms with Crippen LogP contribution in [0.25, 0.3) is 0 Å². The molecule has 0 heterocycles. The molecule has 2 N–H and O–H groups in total. The molecule has 0 amide bonds. The number of rotatable bonds is 4. The summed E-state index contributed by atoms with van der Waals surface area (Å²) >= 11 is 6.10. The number of halogens is 1. The molecule has 2 nitrogen and oxygen atoms in total. The molecule has 0 spiro atoms. The first-order valence-corrected chi connectivity index (χ1v) is 6.33. The molecule has 0 saturated heterocycles. The molecule has 1 fully saturated rings. The number of nitrogens with two attached hydrogens (primary N) is 1. The minimum atomic E-state index is 0.669. The van der Waals surface area contributed by atoms with Crippen molar-refractivity contribution >= 4 is 23.0 Å². The van der Waals surface area contributed by atoms with E-state index >= 15 is 0 Å². The molecular formula is C13H19ClN2. The second-order valence-corrected chi connectivity index (χ2v) is 4.99. The van der Waals surface area contributed by atoms with Crippen molar-refractivity contribution in [2.24, 2.45) is 0 Å². The maximum atomic E-state index is 6.10. The molecule has 0 unspecified atom stereocenters. The van der Waals surface area contributed by atoms with Crippen LogP contribution >= 0.6 is 11.6 Å². The van der Waals surface area contributed by atoms with Crippen LogP contribution in [0.5, 0.6) is 0 Å². The maximum absolute atomic E-state index is 6.10. The Morgan fingerprint density at radius 1 is 1.44 bits per heavy atom. The molecule has 1 aliphatic rings. The second-order valence-electron chi connectivity index (χ2n) is 4.58. The van der Waals surface area contributed by atoms with Crippen LogP contribution in [0, 0.1) is 6.92 Å². The standard InChI is InChI=1S/C13H19ClN2/c1-3-6-16(10-4-5-10)13-8-11(14)12(15)7-9(13)2/h7-8,10H,3-6,15H2,1-2H3. The van der Waals surface area contributed by atoms with Crippen molar-refractivity contribution < 1.29 is 0 Å². The highest BCUT2D eigenvalue weighted by atomic mass is 35.5. The van der Waals surface area contributed by atoms with Crippen molar-refractivity contribution in [3.63, 3.8) is 0 Å². The Kier molecular flexibility index (Phi) is 3.29. The third kappa shape index (κ3) is 2.27. The topological polar surface area (TPSA) is 29.3 Å². The highest BCUT2D eigenvalue weighted by molar-refractivity contribution is 6.33. The molecule has 16 heavy (non-hydrogen) atoms. The van der Waals surface area contributed by atoms with Gasteiger partial charge in [-0.1, -0.05) is 18.5 Å². The van der Waals surface area contributed by atoms with E-state index in [2.05, 4.69) is 18.7 Å². The fourth-order valence-electron chi connectivity index (χ4n) is 2.13. The third-order valence-electron chi connectivity index (χ3n) is 3.08. The van der Waals surface area contributed by atoms with Gasteiger partial charge in [-0.25, -0.2) is 0 Å². The summed E-state index contributed by atoms with van der Waals surface area (Å²) in [6, 6.07) is 4.71. The number of nitrogen functional groups attached to an aromatic ring is 1. The SMILES string of the molecule is CCCN(c1cc(Cl)c(N)cc1C)C1CC1. The lowest BCUT2D eigenvalue weighted by atomic mass is 10.1. The number of hydrogen-bond donors (Lipinski definition) is 1. The zero-order valence-corrected chi connectivity index (χ0v) is 10.7. The summed E-state index contributed by atoms with van der Waals surface area (Å²) in [7, 11) is 0. The predicted molar refractivity (Wildman–Crippen MR) is 71.3 cm³/mol. The molecule has 2 rings (SSSR count). The number of benzene rings is 1. The van der Waals surface area contributed by atoms with Gasteiger partial charge in [0.25, 0.3) is 0 Å². The van der Waals surface area contributed by atoms with Gasteiger partial charge in [-0.05, 0) is 43.9 Å². The van der Waals surface area contributed by atoms with Crippen molar-refractivity contribution in [1.29, 1.82) is 0 Å². The Bertz CT molecular complexity index is 386. The summed E-state index contributed by atoms with van der Waals surface area (Å²) in [5, 5.41) is 0.669. The number of nitrogens with zero attached hydrogens (tertiary/aromatic N) is 1. The van der Waals surface area contributed by atoms with E-state index in [0.717, 1.165) is 19.0 Å². The minimum absolute atomic E-state index is 0.669. The van der Waals surface area contributed by atoms with Gasteiger partial charge < -0.3 is 10.6 Å². The fraction of sp³-hybridized carbons (Fsp3) is 0.538. The Labute approximate surface area is 102 Å².